The standard InChI is InChI=1S/C11H18N2O4/c1-5-13(17-11(15)8(2)3)10(14)7-6-9(4)12-16/h9H,2,5-7H2,1,3-4H3. The quantitative estimate of drug-likeness (QED) is 0.404. The number of hydroxylamine groups is 2. The van der Waals surface area contributed by atoms with Crippen LogP contribution in [0, 0.1) is 4.91 Å². The highest BCUT2D eigenvalue weighted by atomic mass is 16.7. The molecule has 0 aromatic heterocycles. The van der Waals surface area contributed by atoms with Crippen molar-refractivity contribution in [2.24, 2.45) is 5.18 Å². The van der Waals surface area contributed by atoms with Gasteiger partial charge >= 0.3 is 5.97 Å². The summed E-state index contributed by atoms with van der Waals surface area (Å²) in [6, 6.07) is -0.422. The SMILES string of the molecule is C=C(C)C(=O)ON(CC)C(=O)CCC(C)N=O. The normalized spacial score (nSPS) is 11.5. The van der Waals surface area contributed by atoms with Gasteiger partial charge in [-0.15, -0.1) is 0 Å². The summed E-state index contributed by atoms with van der Waals surface area (Å²) < 4.78 is 0. The minimum absolute atomic E-state index is 0.115. The molecule has 0 saturated heterocycles. The van der Waals surface area contributed by atoms with E-state index in [2.05, 4.69) is 11.8 Å². The van der Waals surface area contributed by atoms with Crippen LogP contribution >= 0.6 is 0 Å². The van der Waals surface area contributed by atoms with Gasteiger partial charge in [-0.2, -0.15) is 9.97 Å². The van der Waals surface area contributed by atoms with Crippen LogP contribution in [-0.4, -0.2) is 29.5 Å². The Bertz CT molecular complexity index is 315. The molecule has 0 aromatic rings. The molecular weight excluding hydrogens is 224 g/mol. The molecule has 0 fully saturated rings. The second-order valence-electron chi connectivity index (χ2n) is 3.74. The summed E-state index contributed by atoms with van der Waals surface area (Å²) in [6.45, 7) is 8.48. The highest BCUT2D eigenvalue weighted by Crippen LogP contribution is 2.06. The fraction of sp³-hybridized carbons (Fsp3) is 0.636. The summed E-state index contributed by atoms with van der Waals surface area (Å²) in [5.74, 6) is -0.987. The maximum atomic E-state index is 11.6. The van der Waals surface area contributed by atoms with Crippen molar-refractivity contribution in [3.63, 3.8) is 0 Å². The molecule has 0 aliphatic heterocycles. The number of rotatable bonds is 6. The van der Waals surface area contributed by atoms with E-state index in [0.29, 0.717) is 6.42 Å². The van der Waals surface area contributed by atoms with Crippen molar-refractivity contribution in [1.29, 1.82) is 0 Å². The summed E-state index contributed by atoms with van der Waals surface area (Å²) >= 11 is 0. The molecule has 0 bridgehead atoms. The molecule has 0 heterocycles. The summed E-state index contributed by atoms with van der Waals surface area (Å²) in [4.78, 5) is 37.8. The van der Waals surface area contributed by atoms with Gasteiger partial charge in [0.05, 0.1) is 12.6 Å². The van der Waals surface area contributed by atoms with Crippen LogP contribution in [0.5, 0.6) is 0 Å². The molecule has 0 aromatic carbocycles. The topological polar surface area (TPSA) is 76.0 Å². The van der Waals surface area contributed by atoms with Gasteiger partial charge in [-0.3, -0.25) is 4.79 Å². The minimum Gasteiger partial charge on any atom is -0.333 e. The third-order valence-electron chi connectivity index (χ3n) is 2.06. The van der Waals surface area contributed by atoms with Crippen LogP contribution < -0.4 is 0 Å². The molecule has 96 valence electrons. The van der Waals surface area contributed by atoms with E-state index in [-0.39, 0.29) is 24.4 Å². The van der Waals surface area contributed by atoms with Crippen molar-refractivity contribution in [2.75, 3.05) is 6.54 Å². The Balaban J connectivity index is 4.26. The third-order valence-corrected chi connectivity index (χ3v) is 2.06. The van der Waals surface area contributed by atoms with Crippen molar-refractivity contribution >= 4 is 11.9 Å². The molecule has 1 atom stereocenters. The first-order valence-corrected chi connectivity index (χ1v) is 5.43. The first kappa shape index (κ1) is 15.3. The molecule has 0 N–H and O–H groups in total. The van der Waals surface area contributed by atoms with Crippen LogP contribution in [0.3, 0.4) is 0 Å². The van der Waals surface area contributed by atoms with Crippen LogP contribution in [-0.2, 0) is 14.4 Å². The van der Waals surface area contributed by atoms with Crippen LogP contribution in [0.1, 0.15) is 33.6 Å². The van der Waals surface area contributed by atoms with Gasteiger partial charge in [0.15, 0.2) is 0 Å². The molecule has 0 aliphatic rings. The lowest BCUT2D eigenvalue weighted by Crippen LogP contribution is -2.33. The Hall–Kier alpha value is -1.72. The fourth-order valence-electron chi connectivity index (χ4n) is 0.980. The van der Waals surface area contributed by atoms with Gasteiger partial charge in [-0.25, -0.2) is 4.79 Å². The molecule has 1 unspecified atom stereocenters. The van der Waals surface area contributed by atoms with E-state index in [1.807, 2.05) is 0 Å². The van der Waals surface area contributed by atoms with E-state index in [9.17, 15) is 14.5 Å². The monoisotopic (exact) mass is 242 g/mol. The first-order valence-electron chi connectivity index (χ1n) is 5.43. The van der Waals surface area contributed by atoms with E-state index in [0.717, 1.165) is 5.06 Å². The van der Waals surface area contributed by atoms with Gasteiger partial charge in [0.1, 0.15) is 0 Å². The molecule has 1 amide bonds. The number of nitrogens with zero attached hydrogens (tertiary/aromatic N) is 2. The average molecular weight is 242 g/mol. The lowest BCUT2D eigenvalue weighted by Gasteiger charge is -2.19. The molecular formula is C11H18N2O4. The van der Waals surface area contributed by atoms with Crippen molar-refractivity contribution in [2.45, 2.75) is 39.7 Å². The van der Waals surface area contributed by atoms with Gasteiger partial charge in [-0.05, 0) is 27.2 Å². The molecule has 17 heavy (non-hydrogen) atoms. The Labute approximate surface area is 101 Å². The van der Waals surface area contributed by atoms with E-state index in [1.54, 1.807) is 13.8 Å². The molecule has 0 radical (unpaired) electrons. The summed E-state index contributed by atoms with van der Waals surface area (Å²) in [6.07, 6.45) is 0.452. The summed E-state index contributed by atoms with van der Waals surface area (Å²) in [5, 5.41) is 3.76. The van der Waals surface area contributed by atoms with Gasteiger partial charge in [-0.1, -0.05) is 11.8 Å². The van der Waals surface area contributed by atoms with E-state index in [4.69, 9.17) is 4.84 Å². The Morgan fingerprint density at radius 3 is 2.47 bits per heavy atom. The zero-order valence-corrected chi connectivity index (χ0v) is 10.4. The molecule has 6 nitrogen and oxygen atoms in total. The second-order valence-corrected chi connectivity index (χ2v) is 3.74. The number of nitroso groups, excluding NO2 is 1. The van der Waals surface area contributed by atoms with Gasteiger partial charge in [0, 0.05) is 12.0 Å². The molecule has 6 heteroatoms. The first-order chi connectivity index (χ1) is 7.92. The fourth-order valence-corrected chi connectivity index (χ4v) is 0.980. The van der Waals surface area contributed by atoms with Gasteiger partial charge in [0.25, 0.3) is 5.91 Å². The largest absolute Gasteiger partial charge is 0.358 e. The summed E-state index contributed by atoms with van der Waals surface area (Å²) in [5.41, 5.74) is 0.221. The number of hydrogen-bond acceptors (Lipinski definition) is 5. The zero-order chi connectivity index (χ0) is 13.4. The van der Waals surface area contributed by atoms with E-state index < -0.39 is 12.0 Å². The third kappa shape index (κ3) is 5.79. The number of amides is 1. The van der Waals surface area contributed by atoms with Crippen molar-refractivity contribution in [3.05, 3.63) is 17.1 Å². The Kier molecular flexibility index (Phi) is 6.77. The number of hydrogen-bond donors (Lipinski definition) is 0. The van der Waals surface area contributed by atoms with Crippen molar-refractivity contribution in [1.82, 2.24) is 5.06 Å². The van der Waals surface area contributed by atoms with Crippen LogP contribution in [0.15, 0.2) is 17.3 Å². The molecule has 0 aliphatic carbocycles. The van der Waals surface area contributed by atoms with Crippen molar-refractivity contribution < 1.29 is 14.4 Å². The Morgan fingerprint density at radius 1 is 1.47 bits per heavy atom. The van der Waals surface area contributed by atoms with Crippen LogP contribution in [0.2, 0.25) is 0 Å². The average Bonchev–Trinajstić information content (AvgIpc) is 2.31. The maximum absolute atomic E-state index is 11.6. The zero-order valence-electron chi connectivity index (χ0n) is 10.4. The highest BCUT2D eigenvalue weighted by molar-refractivity contribution is 5.88. The predicted molar refractivity (Wildman–Crippen MR) is 62.8 cm³/mol. The van der Waals surface area contributed by atoms with E-state index >= 15 is 0 Å². The molecule has 0 rings (SSSR count). The number of carbonyl (C=O) groups is 2. The van der Waals surface area contributed by atoms with Crippen molar-refractivity contribution in [3.8, 4) is 0 Å². The lowest BCUT2D eigenvalue weighted by molar-refractivity contribution is -0.194. The Morgan fingerprint density at radius 2 is 2.06 bits per heavy atom. The van der Waals surface area contributed by atoms with Gasteiger partial charge < -0.3 is 4.84 Å². The molecule has 0 spiro atoms. The summed E-state index contributed by atoms with van der Waals surface area (Å²) in [7, 11) is 0. The van der Waals surface area contributed by atoms with Crippen LogP contribution in [0.4, 0.5) is 0 Å². The van der Waals surface area contributed by atoms with E-state index in [1.165, 1.54) is 6.92 Å². The smallest absolute Gasteiger partial charge is 0.333 e. The lowest BCUT2D eigenvalue weighted by atomic mass is 10.2. The maximum Gasteiger partial charge on any atom is 0.358 e. The van der Waals surface area contributed by atoms with Crippen LogP contribution in [0.25, 0.3) is 0 Å². The number of carbonyl (C=O) groups excluding carboxylic acids is 2. The predicted octanol–water partition coefficient (Wildman–Crippen LogP) is 1.80. The van der Waals surface area contributed by atoms with Gasteiger partial charge in [0.2, 0.25) is 0 Å². The highest BCUT2D eigenvalue weighted by Gasteiger charge is 2.18. The molecule has 0 saturated carbocycles. The minimum atomic E-state index is -0.637. The second kappa shape index (κ2) is 7.54.